The van der Waals surface area contributed by atoms with Crippen molar-refractivity contribution in [3.8, 4) is 0 Å². The molecule has 0 radical (unpaired) electrons. The Labute approximate surface area is 202 Å². The van der Waals surface area contributed by atoms with E-state index in [0.717, 1.165) is 44.1 Å². The quantitative estimate of drug-likeness (QED) is 0.639. The highest BCUT2D eigenvalue weighted by molar-refractivity contribution is 5.90. The van der Waals surface area contributed by atoms with Gasteiger partial charge in [-0.15, -0.1) is 0 Å². The standard InChI is InChI=1S/C26H38N4O4/c1-18(27-2)24(31)28-23(20-11-7-4-8-12-20)25(32)29-15-13-22-21(29)14-16-30(22)26(33)34-17-19-9-5-3-6-10-19/h3,5-6,9-10,18,20-23,27H,4,7-8,11-17H2,1-2H3,(H,28,31). The zero-order chi connectivity index (χ0) is 24.1. The molecule has 0 spiro atoms. The molecule has 2 N–H and O–H groups in total. The monoisotopic (exact) mass is 470 g/mol. The van der Waals surface area contributed by atoms with Gasteiger partial charge in [0.1, 0.15) is 12.6 Å². The van der Waals surface area contributed by atoms with Gasteiger partial charge >= 0.3 is 6.09 Å². The predicted molar refractivity (Wildman–Crippen MR) is 129 cm³/mol. The molecule has 1 aromatic rings. The highest BCUT2D eigenvalue weighted by Crippen LogP contribution is 2.35. The van der Waals surface area contributed by atoms with E-state index >= 15 is 0 Å². The number of amides is 3. The van der Waals surface area contributed by atoms with E-state index in [1.807, 2.05) is 35.2 Å². The van der Waals surface area contributed by atoms with Gasteiger partial charge < -0.3 is 25.2 Å². The fraction of sp³-hybridized carbons (Fsp3) is 0.654. The zero-order valence-electron chi connectivity index (χ0n) is 20.4. The molecule has 2 aliphatic heterocycles. The summed E-state index contributed by atoms with van der Waals surface area (Å²) in [6, 6.07) is 8.77. The van der Waals surface area contributed by atoms with Crippen molar-refractivity contribution in [3.05, 3.63) is 35.9 Å². The number of nitrogens with zero attached hydrogens (tertiary/aromatic N) is 2. The molecule has 1 aliphatic carbocycles. The summed E-state index contributed by atoms with van der Waals surface area (Å²) in [4.78, 5) is 43.0. The molecule has 0 aromatic heterocycles. The Balaban J connectivity index is 1.40. The van der Waals surface area contributed by atoms with Crippen LogP contribution in [0, 0.1) is 5.92 Å². The van der Waals surface area contributed by atoms with Crippen LogP contribution in [0.25, 0.3) is 0 Å². The topological polar surface area (TPSA) is 91.0 Å². The number of fused-ring (bicyclic) bond motifs is 1. The van der Waals surface area contributed by atoms with Crippen LogP contribution >= 0.6 is 0 Å². The maximum absolute atomic E-state index is 13.8. The van der Waals surface area contributed by atoms with Crippen LogP contribution < -0.4 is 10.6 Å². The largest absolute Gasteiger partial charge is 0.445 e. The Morgan fingerprint density at radius 3 is 2.29 bits per heavy atom. The van der Waals surface area contributed by atoms with E-state index < -0.39 is 6.04 Å². The van der Waals surface area contributed by atoms with E-state index in [0.29, 0.717) is 13.1 Å². The molecule has 3 aliphatic rings. The Hall–Kier alpha value is -2.61. The summed E-state index contributed by atoms with van der Waals surface area (Å²) >= 11 is 0. The van der Waals surface area contributed by atoms with Crippen molar-refractivity contribution in [2.24, 2.45) is 5.92 Å². The predicted octanol–water partition coefficient (Wildman–Crippen LogP) is 2.67. The first kappa shape index (κ1) is 24.5. The lowest BCUT2D eigenvalue weighted by Crippen LogP contribution is -2.56. The molecular formula is C26H38N4O4. The maximum atomic E-state index is 13.8. The summed E-state index contributed by atoms with van der Waals surface area (Å²) in [6.45, 7) is 3.25. The van der Waals surface area contributed by atoms with Gasteiger partial charge in [0, 0.05) is 13.1 Å². The van der Waals surface area contributed by atoms with E-state index in [1.165, 1.54) is 6.42 Å². The smallest absolute Gasteiger partial charge is 0.410 e. The molecule has 4 unspecified atom stereocenters. The van der Waals surface area contributed by atoms with Crippen molar-refractivity contribution >= 4 is 17.9 Å². The molecule has 34 heavy (non-hydrogen) atoms. The van der Waals surface area contributed by atoms with Crippen molar-refractivity contribution in [1.82, 2.24) is 20.4 Å². The fourth-order valence-corrected chi connectivity index (χ4v) is 5.73. The molecule has 1 aromatic carbocycles. The zero-order valence-corrected chi connectivity index (χ0v) is 20.4. The first-order valence-corrected chi connectivity index (χ1v) is 12.7. The SMILES string of the molecule is CNC(C)C(=O)NC(C(=O)N1CCC2C1CCN2C(=O)OCc1ccccc1)C1CCCCC1. The van der Waals surface area contributed by atoms with E-state index in [9.17, 15) is 14.4 Å². The van der Waals surface area contributed by atoms with Crippen molar-refractivity contribution in [1.29, 1.82) is 0 Å². The number of hydrogen-bond donors (Lipinski definition) is 2. The highest BCUT2D eigenvalue weighted by atomic mass is 16.6. The van der Waals surface area contributed by atoms with E-state index in [4.69, 9.17) is 4.74 Å². The first-order valence-electron chi connectivity index (χ1n) is 12.7. The molecule has 0 bridgehead atoms. The minimum absolute atomic E-state index is 0.00977. The van der Waals surface area contributed by atoms with E-state index in [1.54, 1.807) is 18.9 Å². The summed E-state index contributed by atoms with van der Waals surface area (Å²) in [6.07, 6.45) is 6.48. The normalized spacial score (nSPS) is 24.4. The molecule has 8 nitrogen and oxygen atoms in total. The van der Waals surface area contributed by atoms with Crippen molar-refractivity contribution in [3.63, 3.8) is 0 Å². The summed E-state index contributed by atoms with van der Waals surface area (Å²) in [5, 5.41) is 6.03. The highest BCUT2D eigenvalue weighted by Gasteiger charge is 2.48. The van der Waals surface area contributed by atoms with Crippen LogP contribution in [0.2, 0.25) is 0 Å². The molecule has 3 fully saturated rings. The second kappa shape index (κ2) is 11.2. The molecule has 4 rings (SSSR count). The summed E-state index contributed by atoms with van der Waals surface area (Å²) in [7, 11) is 1.75. The molecule has 186 valence electrons. The number of benzene rings is 1. The van der Waals surface area contributed by atoms with Gasteiger partial charge in [0.05, 0.1) is 18.1 Å². The summed E-state index contributed by atoms with van der Waals surface area (Å²) < 4.78 is 5.57. The molecule has 4 atom stereocenters. The fourth-order valence-electron chi connectivity index (χ4n) is 5.73. The van der Waals surface area contributed by atoms with Crippen LogP contribution in [0.1, 0.15) is 57.4 Å². The number of rotatable bonds is 7. The van der Waals surface area contributed by atoms with Crippen LogP contribution in [-0.2, 0) is 20.9 Å². The molecule has 2 saturated heterocycles. The van der Waals surface area contributed by atoms with Gasteiger partial charge in [-0.25, -0.2) is 4.79 Å². The van der Waals surface area contributed by atoms with Gasteiger partial charge in [0.25, 0.3) is 0 Å². The second-order valence-corrected chi connectivity index (χ2v) is 9.87. The number of ether oxygens (including phenoxy) is 1. The van der Waals surface area contributed by atoms with E-state index in [2.05, 4.69) is 10.6 Å². The van der Waals surface area contributed by atoms with Crippen LogP contribution in [0.4, 0.5) is 4.79 Å². The molecule has 2 heterocycles. The van der Waals surface area contributed by atoms with Gasteiger partial charge in [0.2, 0.25) is 11.8 Å². The molecular weight excluding hydrogens is 432 g/mol. The van der Waals surface area contributed by atoms with Crippen LogP contribution in [0.15, 0.2) is 30.3 Å². The number of likely N-dealkylation sites (tertiary alicyclic amines) is 2. The van der Waals surface area contributed by atoms with Gasteiger partial charge in [0.15, 0.2) is 0 Å². The molecule has 3 amide bonds. The second-order valence-electron chi connectivity index (χ2n) is 9.87. The number of nitrogens with one attached hydrogen (secondary N) is 2. The number of carbonyl (C=O) groups excluding carboxylic acids is 3. The molecule has 8 heteroatoms. The number of hydrogen-bond acceptors (Lipinski definition) is 5. The van der Waals surface area contributed by atoms with Crippen molar-refractivity contribution in [2.75, 3.05) is 20.1 Å². The lowest BCUT2D eigenvalue weighted by molar-refractivity contribution is -0.139. The third kappa shape index (κ3) is 5.37. The lowest BCUT2D eigenvalue weighted by atomic mass is 9.83. The van der Waals surface area contributed by atoms with Crippen LogP contribution in [0.5, 0.6) is 0 Å². The minimum Gasteiger partial charge on any atom is -0.445 e. The third-order valence-electron chi connectivity index (χ3n) is 7.81. The van der Waals surface area contributed by atoms with Crippen molar-refractivity contribution < 1.29 is 19.1 Å². The third-order valence-corrected chi connectivity index (χ3v) is 7.81. The van der Waals surface area contributed by atoms with Crippen LogP contribution in [-0.4, -0.2) is 72.0 Å². The Morgan fingerprint density at radius 1 is 0.971 bits per heavy atom. The Kier molecular flexibility index (Phi) is 8.08. The van der Waals surface area contributed by atoms with Gasteiger partial charge in [-0.2, -0.15) is 0 Å². The number of carbonyl (C=O) groups is 3. The van der Waals surface area contributed by atoms with Crippen LogP contribution in [0.3, 0.4) is 0 Å². The average Bonchev–Trinajstić information content (AvgIpc) is 3.48. The number of likely N-dealkylation sites (N-methyl/N-ethyl adjacent to an activating group) is 1. The van der Waals surface area contributed by atoms with E-state index in [-0.39, 0.29) is 48.6 Å². The maximum Gasteiger partial charge on any atom is 0.410 e. The van der Waals surface area contributed by atoms with Crippen molar-refractivity contribution in [2.45, 2.75) is 82.6 Å². The molecule has 1 saturated carbocycles. The first-order chi connectivity index (χ1) is 16.5. The van der Waals surface area contributed by atoms with Gasteiger partial charge in [-0.3, -0.25) is 9.59 Å². The Morgan fingerprint density at radius 2 is 1.62 bits per heavy atom. The summed E-state index contributed by atoms with van der Waals surface area (Å²) in [5.74, 6) is 0.0388. The lowest BCUT2D eigenvalue weighted by Gasteiger charge is -2.35. The Bertz CT molecular complexity index is 858. The van der Waals surface area contributed by atoms with Gasteiger partial charge in [-0.05, 0) is 51.1 Å². The summed E-state index contributed by atoms with van der Waals surface area (Å²) in [5.41, 5.74) is 0.955. The average molecular weight is 471 g/mol. The minimum atomic E-state index is -0.499. The van der Waals surface area contributed by atoms with Gasteiger partial charge in [-0.1, -0.05) is 49.6 Å².